The molecule has 0 fully saturated rings. The molecule has 4 heteroatoms. The fraction of sp³-hybridized carbons (Fsp3) is 0.333. The summed E-state index contributed by atoms with van der Waals surface area (Å²) >= 11 is 0. The smallest absolute Gasteiger partial charge is 0.258 e. The number of benzene rings is 2. The van der Waals surface area contributed by atoms with E-state index in [2.05, 4.69) is 12.2 Å². The Hall–Kier alpha value is -2.62. The average Bonchev–Trinajstić information content (AvgIpc) is 2.87. The lowest BCUT2D eigenvalue weighted by atomic mass is 10.0. The SMILES string of the molecule is CCCCN1C(=O)c2cccc3c(NC(=O)/C=C/C(C)C)ccc1c23. The van der Waals surface area contributed by atoms with E-state index in [4.69, 9.17) is 0 Å². The molecule has 25 heavy (non-hydrogen) atoms. The topological polar surface area (TPSA) is 49.4 Å². The van der Waals surface area contributed by atoms with Crippen molar-refractivity contribution in [3.63, 3.8) is 0 Å². The van der Waals surface area contributed by atoms with Crippen LogP contribution in [0.15, 0.2) is 42.5 Å². The minimum Gasteiger partial charge on any atom is -0.322 e. The van der Waals surface area contributed by atoms with Gasteiger partial charge in [0.25, 0.3) is 5.91 Å². The Labute approximate surface area is 148 Å². The molecule has 0 saturated carbocycles. The predicted molar refractivity (Wildman–Crippen MR) is 103 cm³/mol. The molecule has 3 rings (SSSR count). The molecule has 2 aromatic rings. The number of nitrogens with zero attached hydrogens (tertiary/aromatic N) is 1. The number of hydrogen-bond donors (Lipinski definition) is 1. The van der Waals surface area contributed by atoms with Gasteiger partial charge in [-0.25, -0.2) is 0 Å². The quantitative estimate of drug-likeness (QED) is 0.774. The van der Waals surface area contributed by atoms with E-state index in [0.717, 1.165) is 47.1 Å². The average molecular weight is 336 g/mol. The second kappa shape index (κ2) is 7.09. The van der Waals surface area contributed by atoms with Crippen LogP contribution in [0.25, 0.3) is 10.8 Å². The summed E-state index contributed by atoms with van der Waals surface area (Å²) < 4.78 is 0. The molecule has 2 aromatic carbocycles. The highest BCUT2D eigenvalue weighted by atomic mass is 16.2. The molecule has 1 N–H and O–H groups in total. The zero-order chi connectivity index (χ0) is 18.0. The lowest BCUT2D eigenvalue weighted by molar-refractivity contribution is -0.111. The molecule has 0 spiro atoms. The van der Waals surface area contributed by atoms with E-state index in [1.165, 1.54) is 0 Å². The van der Waals surface area contributed by atoms with Crippen molar-refractivity contribution in [1.29, 1.82) is 0 Å². The van der Waals surface area contributed by atoms with Crippen LogP contribution in [0.5, 0.6) is 0 Å². The van der Waals surface area contributed by atoms with Crippen LogP contribution in [0, 0.1) is 5.92 Å². The first kappa shape index (κ1) is 17.2. The fourth-order valence-corrected chi connectivity index (χ4v) is 3.15. The second-order valence-corrected chi connectivity index (χ2v) is 6.76. The molecule has 1 aliphatic heterocycles. The van der Waals surface area contributed by atoms with Crippen molar-refractivity contribution in [3.05, 3.63) is 48.0 Å². The van der Waals surface area contributed by atoms with E-state index in [-0.39, 0.29) is 11.8 Å². The molecular weight excluding hydrogens is 312 g/mol. The third kappa shape index (κ3) is 3.29. The minimum absolute atomic E-state index is 0.0530. The van der Waals surface area contributed by atoms with Crippen LogP contribution < -0.4 is 10.2 Å². The van der Waals surface area contributed by atoms with Gasteiger partial charge in [0, 0.05) is 28.6 Å². The van der Waals surface area contributed by atoms with Gasteiger partial charge in [0.1, 0.15) is 0 Å². The molecule has 0 unspecified atom stereocenters. The second-order valence-electron chi connectivity index (χ2n) is 6.76. The predicted octanol–water partition coefficient (Wildman–Crippen LogP) is 4.75. The zero-order valence-corrected chi connectivity index (χ0v) is 15.0. The molecule has 2 amide bonds. The Kier molecular flexibility index (Phi) is 4.88. The van der Waals surface area contributed by atoms with Gasteiger partial charge in [0.2, 0.25) is 5.91 Å². The third-order valence-corrected chi connectivity index (χ3v) is 4.41. The maximum Gasteiger partial charge on any atom is 0.258 e. The molecular formula is C21H24N2O2. The molecule has 0 saturated heterocycles. The van der Waals surface area contributed by atoms with Crippen molar-refractivity contribution in [2.24, 2.45) is 5.92 Å². The van der Waals surface area contributed by atoms with E-state index in [1.54, 1.807) is 6.08 Å². The Morgan fingerprint density at radius 1 is 1.24 bits per heavy atom. The summed E-state index contributed by atoms with van der Waals surface area (Å²) in [5.74, 6) is 0.224. The number of hydrogen-bond acceptors (Lipinski definition) is 2. The van der Waals surface area contributed by atoms with Gasteiger partial charge in [-0.2, -0.15) is 0 Å². The summed E-state index contributed by atoms with van der Waals surface area (Å²) in [6, 6.07) is 9.53. The monoisotopic (exact) mass is 336 g/mol. The molecule has 0 radical (unpaired) electrons. The van der Waals surface area contributed by atoms with E-state index in [1.807, 2.05) is 55.2 Å². The number of nitrogens with one attached hydrogen (secondary N) is 1. The maximum absolute atomic E-state index is 12.7. The lowest BCUT2D eigenvalue weighted by Crippen LogP contribution is -2.27. The summed E-state index contributed by atoms with van der Waals surface area (Å²) in [4.78, 5) is 26.7. The van der Waals surface area contributed by atoms with Gasteiger partial charge in [0.15, 0.2) is 0 Å². The van der Waals surface area contributed by atoms with E-state index < -0.39 is 0 Å². The molecule has 1 aliphatic rings. The van der Waals surface area contributed by atoms with Crippen molar-refractivity contribution < 1.29 is 9.59 Å². The number of carbonyl (C=O) groups excluding carboxylic acids is 2. The minimum atomic E-state index is -0.151. The number of allylic oxidation sites excluding steroid dienone is 1. The Morgan fingerprint density at radius 3 is 2.76 bits per heavy atom. The van der Waals surface area contributed by atoms with Crippen molar-refractivity contribution >= 4 is 34.0 Å². The van der Waals surface area contributed by atoms with Gasteiger partial charge >= 0.3 is 0 Å². The highest BCUT2D eigenvalue weighted by molar-refractivity contribution is 6.27. The van der Waals surface area contributed by atoms with E-state index >= 15 is 0 Å². The van der Waals surface area contributed by atoms with Crippen LogP contribution in [0.2, 0.25) is 0 Å². The molecule has 0 bridgehead atoms. The molecule has 130 valence electrons. The van der Waals surface area contributed by atoms with Gasteiger partial charge in [-0.1, -0.05) is 45.4 Å². The van der Waals surface area contributed by atoms with Gasteiger partial charge in [-0.3, -0.25) is 9.59 Å². The number of unbranched alkanes of at least 4 members (excludes halogenated alkanes) is 1. The van der Waals surface area contributed by atoms with Crippen molar-refractivity contribution in [2.75, 3.05) is 16.8 Å². The largest absolute Gasteiger partial charge is 0.322 e. The third-order valence-electron chi connectivity index (χ3n) is 4.41. The van der Waals surface area contributed by atoms with Crippen LogP contribution in [0.4, 0.5) is 11.4 Å². The van der Waals surface area contributed by atoms with Crippen LogP contribution in [-0.4, -0.2) is 18.4 Å². The van der Waals surface area contributed by atoms with Gasteiger partial charge in [-0.15, -0.1) is 0 Å². The van der Waals surface area contributed by atoms with Crippen LogP contribution in [-0.2, 0) is 4.79 Å². The summed E-state index contributed by atoms with van der Waals surface area (Å²) in [7, 11) is 0. The van der Waals surface area contributed by atoms with Crippen molar-refractivity contribution in [2.45, 2.75) is 33.6 Å². The first-order valence-electron chi connectivity index (χ1n) is 8.89. The van der Waals surface area contributed by atoms with Gasteiger partial charge < -0.3 is 10.2 Å². The summed E-state index contributed by atoms with van der Waals surface area (Å²) in [6.07, 6.45) is 5.44. The summed E-state index contributed by atoms with van der Waals surface area (Å²) in [5, 5.41) is 4.79. The highest BCUT2D eigenvalue weighted by Gasteiger charge is 2.29. The molecule has 4 nitrogen and oxygen atoms in total. The van der Waals surface area contributed by atoms with Gasteiger partial charge in [-0.05, 0) is 36.6 Å². The molecule has 1 heterocycles. The first-order valence-corrected chi connectivity index (χ1v) is 8.89. The summed E-state index contributed by atoms with van der Waals surface area (Å²) in [6.45, 7) is 6.90. The van der Waals surface area contributed by atoms with Crippen molar-refractivity contribution in [1.82, 2.24) is 0 Å². The molecule has 0 atom stereocenters. The first-order chi connectivity index (χ1) is 12.0. The van der Waals surface area contributed by atoms with Crippen LogP contribution in [0.1, 0.15) is 44.0 Å². The lowest BCUT2D eigenvalue weighted by Gasteiger charge is -2.17. The van der Waals surface area contributed by atoms with E-state index in [0.29, 0.717) is 5.92 Å². The summed E-state index contributed by atoms with van der Waals surface area (Å²) in [5.41, 5.74) is 2.40. The van der Waals surface area contributed by atoms with Crippen LogP contribution in [0.3, 0.4) is 0 Å². The Morgan fingerprint density at radius 2 is 2.04 bits per heavy atom. The molecule has 0 aliphatic carbocycles. The van der Waals surface area contributed by atoms with Crippen LogP contribution >= 0.6 is 0 Å². The number of rotatable bonds is 6. The van der Waals surface area contributed by atoms with Crippen molar-refractivity contribution in [3.8, 4) is 0 Å². The number of amides is 2. The standard InChI is InChI=1S/C21H24N2O2/c1-4-5-13-23-18-11-10-17(22-19(24)12-9-14(2)3)15-7-6-8-16(20(15)18)21(23)25/h6-12,14H,4-5,13H2,1-3H3,(H,22,24)/b12-9+. The normalized spacial score (nSPS) is 13.4. The fourth-order valence-electron chi connectivity index (χ4n) is 3.15. The number of carbonyl (C=O) groups is 2. The van der Waals surface area contributed by atoms with Gasteiger partial charge in [0.05, 0.1) is 5.69 Å². The zero-order valence-electron chi connectivity index (χ0n) is 15.0. The number of anilines is 2. The highest BCUT2D eigenvalue weighted by Crippen LogP contribution is 2.40. The van der Waals surface area contributed by atoms with E-state index in [9.17, 15) is 9.59 Å². The maximum atomic E-state index is 12.7. The Balaban J connectivity index is 1.99. The Bertz CT molecular complexity index is 852. The molecule has 0 aromatic heterocycles.